The van der Waals surface area contributed by atoms with Crippen molar-refractivity contribution in [3.8, 4) is 0 Å². The number of hydrogen-bond acceptors (Lipinski definition) is 15. The standard InChI is InChI=1S/C38H65N15O10/c1-22(32(56)50-26(8-2-5-11-39)34(58)45-18-31(55)49-28(38(62)63)10-4-7-13-41)48-35(59)27(9-3-6-12-40)51-36(60)30(15-24-17-44-21-47-24)53-37(61)29(14-23-16-43-20-46-23)52-33(57)25(42)19-54/h16-17,20-22,25-30,54H,2-15,18-19,39-42H2,1H3,(H,43,46)(H,44,47)(H,45,58)(H,48,59)(H,49,55)(H,50,56)(H,51,60)(H,52,57)(H,53,61)(H,62,63)/t22-,25-,26-,27-,28-,29-,30-/m0/s1. The third kappa shape index (κ3) is 20.1. The van der Waals surface area contributed by atoms with Crippen LogP contribution in [0.3, 0.4) is 0 Å². The van der Waals surface area contributed by atoms with Crippen molar-refractivity contribution in [2.75, 3.05) is 32.8 Å². The number of rotatable bonds is 32. The van der Waals surface area contributed by atoms with Crippen LogP contribution in [0.15, 0.2) is 25.0 Å². The van der Waals surface area contributed by atoms with E-state index >= 15 is 0 Å². The number of carbonyl (C=O) groups is 8. The first-order valence-corrected chi connectivity index (χ1v) is 20.9. The highest BCUT2D eigenvalue weighted by atomic mass is 16.4. The minimum atomic E-state index is -1.34. The molecule has 7 amide bonds. The van der Waals surface area contributed by atoms with Gasteiger partial charge in [0.2, 0.25) is 41.4 Å². The van der Waals surface area contributed by atoms with Gasteiger partial charge in [0.1, 0.15) is 42.3 Å². The van der Waals surface area contributed by atoms with Crippen LogP contribution in [0.5, 0.6) is 0 Å². The summed E-state index contributed by atoms with van der Waals surface area (Å²) in [7, 11) is 0. The lowest BCUT2D eigenvalue weighted by Crippen LogP contribution is -2.60. The highest BCUT2D eigenvalue weighted by Gasteiger charge is 2.33. The van der Waals surface area contributed by atoms with E-state index < -0.39 is 103 Å². The number of carboxylic acids is 1. The van der Waals surface area contributed by atoms with Gasteiger partial charge in [-0.15, -0.1) is 0 Å². The number of unbranched alkanes of at least 4 members (excludes halogenated alkanes) is 3. The number of aliphatic carboxylic acids is 1. The predicted octanol–water partition coefficient (Wildman–Crippen LogP) is -5.25. The molecule has 19 N–H and O–H groups in total. The van der Waals surface area contributed by atoms with Gasteiger partial charge in [0.25, 0.3) is 0 Å². The van der Waals surface area contributed by atoms with E-state index in [0.29, 0.717) is 63.0 Å². The predicted molar refractivity (Wildman–Crippen MR) is 226 cm³/mol. The third-order valence-electron chi connectivity index (χ3n) is 9.67. The molecule has 0 aliphatic carbocycles. The minimum absolute atomic E-state index is 0.0767. The number of nitrogens with one attached hydrogen (secondary N) is 9. The van der Waals surface area contributed by atoms with Crippen LogP contribution in [0.2, 0.25) is 0 Å². The van der Waals surface area contributed by atoms with Crippen molar-refractivity contribution < 1.29 is 48.6 Å². The molecule has 2 aromatic heterocycles. The molecule has 25 heteroatoms. The Morgan fingerprint density at radius 2 is 1.02 bits per heavy atom. The topological polar surface area (TPSA) is 423 Å². The molecule has 0 fully saturated rings. The van der Waals surface area contributed by atoms with Crippen molar-refractivity contribution in [2.24, 2.45) is 22.9 Å². The van der Waals surface area contributed by atoms with Crippen LogP contribution in [-0.2, 0) is 51.2 Å². The Labute approximate surface area is 364 Å². The summed E-state index contributed by atoms with van der Waals surface area (Å²) in [6, 6.07) is -8.79. The van der Waals surface area contributed by atoms with Crippen LogP contribution < -0.4 is 60.2 Å². The van der Waals surface area contributed by atoms with Gasteiger partial charge >= 0.3 is 5.97 Å². The van der Waals surface area contributed by atoms with E-state index in [-0.39, 0.29) is 38.6 Å². The quantitative estimate of drug-likeness (QED) is 0.0305. The molecule has 2 heterocycles. The average Bonchev–Trinajstić information content (AvgIpc) is 3.98. The SMILES string of the molecule is C[C@H](NC(=O)[C@H](CCCCN)NC(=O)[C@H](Cc1cnc[nH]1)NC(=O)[C@H](Cc1cnc[nH]1)NC(=O)[C@@H](N)CO)C(=O)N[C@@H](CCCCN)C(=O)NCC(=O)N[C@@H](CCCCN)C(=O)O. The van der Waals surface area contributed by atoms with Gasteiger partial charge in [0.05, 0.1) is 25.8 Å². The minimum Gasteiger partial charge on any atom is -0.480 e. The molecule has 0 saturated heterocycles. The Balaban J connectivity index is 2.21. The van der Waals surface area contributed by atoms with Crippen LogP contribution in [0, 0.1) is 0 Å². The zero-order chi connectivity index (χ0) is 46.7. The summed E-state index contributed by atoms with van der Waals surface area (Å²) in [5, 5.41) is 36.5. The molecule has 0 bridgehead atoms. The summed E-state index contributed by atoms with van der Waals surface area (Å²) in [6.45, 7) is 1.06. The first-order chi connectivity index (χ1) is 30.1. The molecular formula is C38H65N15O10. The van der Waals surface area contributed by atoms with Crippen LogP contribution in [-0.4, -0.2) is 153 Å². The van der Waals surface area contributed by atoms with Crippen LogP contribution in [0.1, 0.15) is 76.1 Å². The second kappa shape index (κ2) is 29.3. The number of nitrogens with zero attached hydrogens (tertiary/aromatic N) is 2. The number of aromatic amines is 2. The molecule has 0 spiro atoms. The summed E-state index contributed by atoms with van der Waals surface area (Å²) in [4.78, 5) is 118. The van der Waals surface area contributed by atoms with Gasteiger partial charge in [-0.2, -0.15) is 0 Å². The molecule has 2 rings (SSSR count). The zero-order valence-electron chi connectivity index (χ0n) is 35.5. The van der Waals surface area contributed by atoms with E-state index in [1.807, 2.05) is 0 Å². The monoisotopic (exact) mass is 892 g/mol. The summed E-state index contributed by atoms with van der Waals surface area (Å²) < 4.78 is 0. The second-order valence-corrected chi connectivity index (χ2v) is 14.9. The van der Waals surface area contributed by atoms with Gasteiger partial charge in [0, 0.05) is 36.6 Å². The van der Waals surface area contributed by atoms with E-state index in [1.54, 1.807) is 0 Å². The number of carbonyl (C=O) groups excluding carboxylic acids is 7. The van der Waals surface area contributed by atoms with Gasteiger partial charge in [-0.1, -0.05) is 0 Å². The maximum absolute atomic E-state index is 14.0. The van der Waals surface area contributed by atoms with Crippen molar-refractivity contribution in [1.82, 2.24) is 57.2 Å². The molecule has 7 atom stereocenters. The smallest absolute Gasteiger partial charge is 0.326 e. The van der Waals surface area contributed by atoms with E-state index in [9.17, 15) is 48.6 Å². The molecule has 25 nitrogen and oxygen atoms in total. The van der Waals surface area contributed by atoms with E-state index in [2.05, 4.69) is 57.2 Å². The Morgan fingerprint density at radius 3 is 1.46 bits per heavy atom. The average molecular weight is 892 g/mol. The van der Waals surface area contributed by atoms with Crippen molar-refractivity contribution >= 4 is 47.3 Å². The molecule has 0 saturated carbocycles. The number of carboxylic acid groups (broad SMARTS) is 1. The van der Waals surface area contributed by atoms with Crippen molar-refractivity contribution in [3.05, 3.63) is 36.4 Å². The highest BCUT2D eigenvalue weighted by Crippen LogP contribution is 2.08. The molecule has 2 aromatic rings. The number of H-pyrrole nitrogens is 2. The highest BCUT2D eigenvalue weighted by molar-refractivity contribution is 5.97. The Kier molecular flexibility index (Phi) is 24.7. The van der Waals surface area contributed by atoms with Crippen LogP contribution in [0.25, 0.3) is 0 Å². The molecule has 0 radical (unpaired) electrons. The molecular weight excluding hydrogens is 827 g/mol. The lowest BCUT2D eigenvalue weighted by atomic mass is 10.0. The lowest BCUT2D eigenvalue weighted by molar-refractivity contribution is -0.142. The lowest BCUT2D eigenvalue weighted by Gasteiger charge is -2.26. The van der Waals surface area contributed by atoms with E-state index in [1.165, 1.54) is 32.0 Å². The first kappa shape index (κ1) is 53.1. The van der Waals surface area contributed by atoms with Crippen molar-refractivity contribution in [3.63, 3.8) is 0 Å². The fraction of sp³-hybridized carbons (Fsp3) is 0.632. The molecule has 0 aromatic carbocycles. The Bertz CT molecular complexity index is 1730. The zero-order valence-corrected chi connectivity index (χ0v) is 35.5. The maximum atomic E-state index is 14.0. The molecule has 63 heavy (non-hydrogen) atoms. The summed E-state index contributed by atoms with van der Waals surface area (Å²) in [6.07, 6.45) is 8.56. The van der Waals surface area contributed by atoms with Gasteiger partial charge in [-0.25, -0.2) is 14.8 Å². The van der Waals surface area contributed by atoms with Crippen molar-refractivity contribution in [2.45, 2.75) is 120 Å². The van der Waals surface area contributed by atoms with Gasteiger partial charge in [-0.3, -0.25) is 33.6 Å². The first-order valence-electron chi connectivity index (χ1n) is 20.9. The van der Waals surface area contributed by atoms with Gasteiger partial charge < -0.3 is 80.3 Å². The fourth-order valence-corrected chi connectivity index (χ4v) is 6.04. The number of nitrogens with two attached hydrogens (primary N) is 4. The Hall–Kier alpha value is -6.02. The number of aliphatic hydroxyl groups excluding tert-OH is 1. The fourth-order valence-electron chi connectivity index (χ4n) is 6.04. The summed E-state index contributed by atoms with van der Waals surface area (Å²) in [5.41, 5.74) is 23.4. The summed E-state index contributed by atoms with van der Waals surface area (Å²) in [5.74, 6) is -6.69. The molecule has 0 aliphatic rings. The Morgan fingerprint density at radius 1 is 0.587 bits per heavy atom. The third-order valence-corrected chi connectivity index (χ3v) is 9.67. The number of aromatic nitrogens is 4. The molecule has 0 unspecified atom stereocenters. The van der Waals surface area contributed by atoms with Crippen LogP contribution >= 0.6 is 0 Å². The largest absolute Gasteiger partial charge is 0.480 e. The second-order valence-electron chi connectivity index (χ2n) is 14.9. The van der Waals surface area contributed by atoms with Crippen LogP contribution in [0.4, 0.5) is 0 Å². The maximum Gasteiger partial charge on any atom is 0.326 e. The van der Waals surface area contributed by atoms with Crippen molar-refractivity contribution in [1.29, 1.82) is 0 Å². The summed E-state index contributed by atoms with van der Waals surface area (Å²) >= 11 is 0. The van der Waals surface area contributed by atoms with Gasteiger partial charge in [-0.05, 0) is 84.3 Å². The van der Waals surface area contributed by atoms with E-state index in [4.69, 9.17) is 22.9 Å². The molecule has 352 valence electrons. The number of hydrogen-bond donors (Lipinski definition) is 15. The number of amides is 7. The number of imidazole rings is 2. The molecule has 0 aliphatic heterocycles. The number of aliphatic hydroxyl groups is 1. The van der Waals surface area contributed by atoms with Gasteiger partial charge in [0.15, 0.2) is 0 Å². The van der Waals surface area contributed by atoms with E-state index in [0.717, 1.165) is 0 Å². The normalized spacial score (nSPS) is 14.4.